The first kappa shape index (κ1) is 5.72. The highest BCUT2D eigenvalue weighted by molar-refractivity contribution is 4.91. The van der Waals surface area contributed by atoms with E-state index in [-0.39, 0.29) is 0 Å². The Morgan fingerprint density at radius 1 is 1.00 bits per heavy atom. The molecule has 2 fully saturated rings. The molecule has 4 atom stereocenters. The molecule has 2 aliphatic heterocycles. The summed E-state index contributed by atoms with van der Waals surface area (Å²) in [6, 6.07) is 0. The summed E-state index contributed by atoms with van der Waals surface area (Å²) in [5.74, 6) is 1.65. The van der Waals surface area contributed by atoms with Crippen LogP contribution in [0.1, 0.15) is 26.7 Å². The van der Waals surface area contributed by atoms with Crippen molar-refractivity contribution in [2.45, 2.75) is 38.9 Å². The van der Waals surface area contributed by atoms with Gasteiger partial charge in [-0.05, 0) is 24.7 Å². The van der Waals surface area contributed by atoms with E-state index in [1.54, 1.807) is 0 Å². The maximum absolute atomic E-state index is 5.70. The zero-order chi connectivity index (χ0) is 6.43. The molecule has 2 bridgehead atoms. The van der Waals surface area contributed by atoms with Crippen LogP contribution in [-0.2, 0) is 4.74 Å². The molecule has 3 unspecified atom stereocenters. The molecule has 0 amide bonds. The minimum Gasteiger partial charge on any atom is -0.374 e. The molecule has 0 N–H and O–H groups in total. The average molecular weight is 126 g/mol. The number of hydrogen-bond acceptors (Lipinski definition) is 1. The molecule has 0 aromatic heterocycles. The molecule has 2 saturated heterocycles. The molecule has 0 saturated carbocycles. The Balaban J connectivity index is 2.15. The van der Waals surface area contributed by atoms with Crippen LogP contribution in [0.4, 0.5) is 0 Å². The van der Waals surface area contributed by atoms with Crippen LogP contribution in [-0.4, -0.2) is 12.2 Å². The SMILES string of the molecule is CC1C2CCC(O2)[C@@H]1C. The van der Waals surface area contributed by atoms with Crippen molar-refractivity contribution in [3.63, 3.8) is 0 Å². The van der Waals surface area contributed by atoms with E-state index in [4.69, 9.17) is 4.74 Å². The lowest BCUT2D eigenvalue weighted by atomic mass is 9.82. The molecule has 2 rings (SSSR count). The predicted molar refractivity (Wildman–Crippen MR) is 36.2 cm³/mol. The van der Waals surface area contributed by atoms with Crippen LogP contribution in [0.5, 0.6) is 0 Å². The van der Waals surface area contributed by atoms with Crippen molar-refractivity contribution in [2.24, 2.45) is 11.8 Å². The van der Waals surface area contributed by atoms with Crippen molar-refractivity contribution >= 4 is 0 Å². The van der Waals surface area contributed by atoms with E-state index in [2.05, 4.69) is 13.8 Å². The lowest BCUT2D eigenvalue weighted by molar-refractivity contribution is 0.0897. The molecule has 0 spiro atoms. The van der Waals surface area contributed by atoms with Gasteiger partial charge >= 0.3 is 0 Å². The quantitative estimate of drug-likeness (QED) is 0.481. The smallest absolute Gasteiger partial charge is 0.0609 e. The number of fused-ring (bicyclic) bond motifs is 2. The third-order valence-corrected chi connectivity index (χ3v) is 3.09. The Kier molecular flexibility index (Phi) is 1.10. The maximum atomic E-state index is 5.70. The molecule has 2 heterocycles. The van der Waals surface area contributed by atoms with Gasteiger partial charge in [-0.15, -0.1) is 0 Å². The molecular formula is C8H14O. The molecule has 0 aliphatic carbocycles. The van der Waals surface area contributed by atoms with E-state index in [0.29, 0.717) is 12.2 Å². The summed E-state index contributed by atoms with van der Waals surface area (Å²) in [7, 11) is 0. The van der Waals surface area contributed by atoms with Gasteiger partial charge in [-0.2, -0.15) is 0 Å². The predicted octanol–water partition coefficient (Wildman–Crippen LogP) is 1.82. The van der Waals surface area contributed by atoms with Crippen LogP contribution in [0.15, 0.2) is 0 Å². The molecular weight excluding hydrogens is 112 g/mol. The number of hydrogen-bond donors (Lipinski definition) is 0. The van der Waals surface area contributed by atoms with Crippen molar-refractivity contribution < 1.29 is 4.74 Å². The molecule has 9 heavy (non-hydrogen) atoms. The van der Waals surface area contributed by atoms with Crippen LogP contribution in [0, 0.1) is 11.8 Å². The molecule has 0 radical (unpaired) electrons. The van der Waals surface area contributed by atoms with Crippen molar-refractivity contribution in [3.8, 4) is 0 Å². The number of rotatable bonds is 0. The van der Waals surface area contributed by atoms with E-state index < -0.39 is 0 Å². The Bertz CT molecular complexity index is 104. The van der Waals surface area contributed by atoms with Crippen molar-refractivity contribution in [3.05, 3.63) is 0 Å². The largest absolute Gasteiger partial charge is 0.374 e. The Hall–Kier alpha value is -0.0400. The fraction of sp³-hybridized carbons (Fsp3) is 1.00. The second-order valence-electron chi connectivity index (χ2n) is 3.51. The van der Waals surface area contributed by atoms with Crippen LogP contribution in [0.25, 0.3) is 0 Å². The lowest BCUT2D eigenvalue weighted by Gasteiger charge is -2.19. The first-order chi connectivity index (χ1) is 4.29. The van der Waals surface area contributed by atoms with E-state index >= 15 is 0 Å². The standard InChI is InChI=1S/C8H14O/c1-5-6(2)8-4-3-7(5)9-8/h5-8H,3-4H2,1-2H3/t5-,6?,7?,8?/m1/s1. The molecule has 1 nitrogen and oxygen atoms in total. The van der Waals surface area contributed by atoms with Gasteiger partial charge in [0.05, 0.1) is 12.2 Å². The molecule has 2 aliphatic rings. The van der Waals surface area contributed by atoms with E-state index in [0.717, 1.165) is 11.8 Å². The lowest BCUT2D eigenvalue weighted by Crippen LogP contribution is -2.21. The van der Waals surface area contributed by atoms with Gasteiger partial charge < -0.3 is 4.74 Å². The highest BCUT2D eigenvalue weighted by Gasteiger charge is 2.43. The van der Waals surface area contributed by atoms with Gasteiger partial charge in [0.25, 0.3) is 0 Å². The highest BCUT2D eigenvalue weighted by atomic mass is 16.5. The van der Waals surface area contributed by atoms with Gasteiger partial charge in [-0.3, -0.25) is 0 Å². The van der Waals surface area contributed by atoms with Crippen LogP contribution >= 0.6 is 0 Å². The maximum Gasteiger partial charge on any atom is 0.0609 e. The summed E-state index contributed by atoms with van der Waals surface area (Å²) in [6.45, 7) is 4.63. The van der Waals surface area contributed by atoms with Gasteiger partial charge in [0, 0.05) is 0 Å². The van der Waals surface area contributed by atoms with Gasteiger partial charge in [-0.1, -0.05) is 13.8 Å². The van der Waals surface area contributed by atoms with Gasteiger partial charge in [-0.25, -0.2) is 0 Å². The minimum atomic E-state index is 0.616. The third-order valence-electron chi connectivity index (χ3n) is 3.09. The topological polar surface area (TPSA) is 9.23 Å². The first-order valence-electron chi connectivity index (χ1n) is 3.94. The summed E-state index contributed by atoms with van der Waals surface area (Å²) in [4.78, 5) is 0. The van der Waals surface area contributed by atoms with Gasteiger partial charge in [0.15, 0.2) is 0 Å². The summed E-state index contributed by atoms with van der Waals surface area (Å²) < 4.78 is 5.70. The Labute approximate surface area is 56.4 Å². The minimum absolute atomic E-state index is 0.616. The molecule has 0 aromatic carbocycles. The molecule has 1 heteroatoms. The van der Waals surface area contributed by atoms with Crippen molar-refractivity contribution in [1.29, 1.82) is 0 Å². The fourth-order valence-corrected chi connectivity index (χ4v) is 2.14. The monoisotopic (exact) mass is 126 g/mol. The second-order valence-corrected chi connectivity index (χ2v) is 3.51. The van der Waals surface area contributed by atoms with Crippen molar-refractivity contribution in [1.82, 2.24) is 0 Å². The molecule has 52 valence electrons. The van der Waals surface area contributed by atoms with Crippen LogP contribution in [0.2, 0.25) is 0 Å². The zero-order valence-electron chi connectivity index (χ0n) is 6.13. The van der Waals surface area contributed by atoms with Crippen molar-refractivity contribution in [2.75, 3.05) is 0 Å². The van der Waals surface area contributed by atoms with Gasteiger partial charge in [0.1, 0.15) is 0 Å². The van der Waals surface area contributed by atoms with E-state index in [9.17, 15) is 0 Å². The average Bonchev–Trinajstić information content (AvgIpc) is 2.37. The summed E-state index contributed by atoms with van der Waals surface area (Å²) in [6.07, 6.45) is 3.86. The Morgan fingerprint density at radius 2 is 1.44 bits per heavy atom. The molecule has 0 aromatic rings. The van der Waals surface area contributed by atoms with Crippen LogP contribution in [0.3, 0.4) is 0 Å². The second kappa shape index (κ2) is 1.72. The third kappa shape index (κ3) is 0.644. The summed E-state index contributed by atoms with van der Waals surface area (Å²) in [5, 5.41) is 0. The first-order valence-corrected chi connectivity index (χ1v) is 3.94. The van der Waals surface area contributed by atoms with Gasteiger partial charge in [0.2, 0.25) is 0 Å². The normalized spacial score (nSPS) is 56.7. The van der Waals surface area contributed by atoms with E-state index in [1.165, 1.54) is 12.8 Å². The number of ether oxygens (including phenoxy) is 1. The van der Waals surface area contributed by atoms with Crippen LogP contribution < -0.4 is 0 Å². The zero-order valence-corrected chi connectivity index (χ0v) is 6.13. The summed E-state index contributed by atoms with van der Waals surface area (Å²) in [5.41, 5.74) is 0. The summed E-state index contributed by atoms with van der Waals surface area (Å²) >= 11 is 0. The Morgan fingerprint density at radius 3 is 1.67 bits per heavy atom. The fourth-order valence-electron chi connectivity index (χ4n) is 2.14. The van der Waals surface area contributed by atoms with E-state index in [1.807, 2.05) is 0 Å². The highest BCUT2D eigenvalue weighted by Crippen LogP contribution is 2.42.